The van der Waals surface area contributed by atoms with Gasteiger partial charge in [-0.2, -0.15) is 0 Å². The van der Waals surface area contributed by atoms with Crippen LogP contribution in [0.5, 0.6) is 0 Å². The van der Waals surface area contributed by atoms with Gasteiger partial charge in [0.15, 0.2) is 0 Å². The van der Waals surface area contributed by atoms with Crippen LogP contribution in [-0.2, 0) is 0 Å². The Morgan fingerprint density at radius 3 is 1.67 bits per heavy atom. The fourth-order valence-corrected chi connectivity index (χ4v) is 3.55. The van der Waals surface area contributed by atoms with Gasteiger partial charge in [-0.15, -0.1) is 0 Å². The van der Waals surface area contributed by atoms with Crippen molar-refractivity contribution in [3.8, 4) is 0 Å². The fraction of sp³-hybridized carbons (Fsp3) is 0.652. The van der Waals surface area contributed by atoms with E-state index in [9.17, 15) is 0 Å². The minimum Gasteiger partial charge on any atom is -0.0998 e. The van der Waals surface area contributed by atoms with E-state index in [1.54, 1.807) is 27.8 Å². The van der Waals surface area contributed by atoms with E-state index in [2.05, 4.69) is 47.3 Å². The Balaban J connectivity index is 6.19. The summed E-state index contributed by atoms with van der Waals surface area (Å²) < 4.78 is 0. The monoisotopic (exact) mass is 350 g/mol. The summed E-state index contributed by atoms with van der Waals surface area (Å²) in [5.74, 6) is 0. The highest BCUT2D eigenvalue weighted by atomic mass is 35.5. The van der Waals surface area contributed by atoms with Gasteiger partial charge < -0.3 is 0 Å². The molecule has 0 aromatic heterocycles. The molecule has 0 N–H and O–H groups in total. The molecule has 0 saturated heterocycles. The van der Waals surface area contributed by atoms with Crippen molar-refractivity contribution < 1.29 is 0 Å². The van der Waals surface area contributed by atoms with Gasteiger partial charge in [-0.1, -0.05) is 94.4 Å². The van der Waals surface area contributed by atoms with E-state index in [1.165, 1.54) is 56.9 Å². The van der Waals surface area contributed by atoms with Crippen molar-refractivity contribution >= 4 is 11.6 Å². The van der Waals surface area contributed by atoms with Crippen LogP contribution in [0.2, 0.25) is 0 Å². The molecule has 0 spiro atoms. The Labute approximate surface area is 156 Å². The van der Waals surface area contributed by atoms with Crippen molar-refractivity contribution in [1.82, 2.24) is 0 Å². The summed E-state index contributed by atoms with van der Waals surface area (Å²) in [6.07, 6.45) is 13.7. The third-order valence-corrected chi connectivity index (χ3v) is 4.47. The molecule has 0 atom stereocenters. The summed E-state index contributed by atoms with van der Waals surface area (Å²) in [6.45, 7) is 15.5. The maximum Gasteiger partial charge on any atom is 0.000568 e. The second kappa shape index (κ2) is 14.6. The van der Waals surface area contributed by atoms with Crippen molar-refractivity contribution in [3.05, 3.63) is 46.1 Å². The molecule has 0 heterocycles. The quantitative estimate of drug-likeness (QED) is 0.230. The van der Waals surface area contributed by atoms with Crippen molar-refractivity contribution in [2.24, 2.45) is 0 Å². The Morgan fingerprint density at radius 1 is 0.792 bits per heavy atom. The zero-order valence-corrected chi connectivity index (χ0v) is 17.6. The van der Waals surface area contributed by atoms with E-state index in [4.69, 9.17) is 11.6 Å². The maximum absolute atomic E-state index is 5.82. The third kappa shape index (κ3) is 8.92. The summed E-state index contributed by atoms with van der Waals surface area (Å²) >= 11 is 5.82. The molecule has 0 aliphatic rings. The molecule has 0 aliphatic carbocycles. The molecule has 0 radical (unpaired) electrons. The zero-order chi connectivity index (χ0) is 18.4. The Bertz CT molecular complexity index is 449. The molecule has 24 heavy (non-hydrogen) atoms. The van der Waals surface area contributed by atoms with Gasteiger partial charge in [0.1, 0.15) is 0 Å². The lowest BCUT2D eigenvalue weighted by Gasteiger charge is -2.22. The summed E-state index contributed by atoms with van der Waals surface area (Å²) in [4.78, 5) is 0. The summed E-state index contributed by atoms with van der Waals surface area (Å²) in [5, 5.41) is 0. The lowest BCUT2D eigenvalue weighted by Crippen LogP contribution is -2.02. The van der Waals surface area contributed by atoms with Crippen LogP contribution in [0.1, 0.15) is 98.8 Å². The molecule has 0 fully saturated rings. The van der Waals surface area contributed by atoms with Gasteiger partial charge in [0, 0.05) is 5.54 Å². The van der Waals surface area contributed by atoms with E-state index in [0.717, 1.165) is 12.8 Å². The van der Waals surface area contributed by atoms with E-state index >= 15 is 0 Å². The minimum atomic E-state index is 0.992. The third-order valence-electron chi connectivity index (χ3n) is 4.29. The number of hydrogen-bond acceptors (Lipinski definition) is 0. The normalized spacial score (nSPS) is 13.9. The molecule has 0 amide bonds. The van der Waals surface area contributed by atoms with Gasteiger partial charge in [0.25, 0.3) is 0 Å². The van der Waals surface area contributed by atoms with E-state index < -0.39 is 0 Å². The predicted molar refractivity (Wildman–Crippen MR) is 113 cm³/mol. The molecule has 0 aromatic carbocycles. The Kier molecular flexibility index (Phi) is 14.1. The van der Waals surface area contributed by atoms with Crippen molar-refractivity contribution in [1.29, 1.82) is 0 Å². The highest BCUT2D eigenvalue weighted by molar-refractivity contribution is 6.25. The molecule has 0 unspecified atom stereocenters. The molecule has 0 saturated carbocycles. The largest absolute Gasteiger partial charge is 0.0998 e. The van der Waals surface area contributed by atoms with Gasteiger partial charge in [0.05, 0.1) is 0 Å². The standard InChI is InChI=1S/C23H39Cl/c1-7-12-20(16-11-17-24)22(14-9-3)23(15-10-4)21(13-8-2)18-19(5)6/h11,17H,5,7-10,12-16,18H2,1-4,6H3/b17-11+,22-20+,23-21-. The highest BCUT2D eigenvalue weighted by Crippen LogP contribution is 2.34. The first-order chi connectivity index (χ1) is 11.5. The van der Waals surface area contributed by atoms with Crippen LogP contribution in [0.15, 0.2) is 46.1 Å². The highest BCUT2D eigenvalue weighted by Gasteiger charge is 2.15. The molecule has 0 rings (SSSR count). The second-order valence-corrected chi connectivity index (χ2v) is 7.12. The van der Waals surface area contributed by atoms with Crippen LogP contribution in [0, 0.1) is 0 Å². The van der Waals surface area contributed by atoms with Crippen LogP contribution >= 0.6 is 11.6 Å². The molecular formula is C23H39Cl. The van der Waals surface area contributed by atoms with Crippen molar-refractivity contribution in [2.75, 3.05) is 0 Å². The Hall–Kier alpha value is -0.750. The van der Waals surface area contributed by atoms with Gasteiger partial charge >= 0.3 is 0 Å². The molecule has 0 aromatic rings. The second-order valence-electron chi connectivity index (χ2n) is 6.86. The smallest absolute Gasteiger partial charge is 0.000568 e. The van der Waals surface area contributed by atoms with E-state index in [-0.39, 0.29) is 0 Å². The van der Waals surface area contributed by atoms with E-state index in [0.29, 0.717) is 0 Å². The summed E-state index contributed by atoms with van der Waals surface area (Å²) in [5.41, 5.74) is 9.43. The summed E-state index contributed by atoms with van der Waals surface area (Å²) in [7, 11) is 0. The minimum absolute atomic E-state index is 0.992. The number of halogens is 1. The molecule has 0 nitrogen and oxygen atoms in total. The lowest BCUT2D eigenvalue weighted by atomic mass is 9.84. The van der Waals surface area contributed by atoms with Gasteiger partial charge in [-0.3, -0.25) is 0 Å². The first-order valence-electron chi connectivity index (χ1n) is 9.87. The molecule has 0 bridgehead atoms. The molecule has 1 heteroatoms. The van der Waals surface area contributed by atoms with Gasteiger partial charge in [-0.25, -0.2) is 0 Å². The molecular weight excluding hydrogens is 312 g/mol. The average Bonchev–Trinajstić information content (AvgIpc) is 2.54. The summed E-state index contributed by atoms with van der Waals surface area (Å²) in [6, 6.07) is 0. The first kappa shape index (κ1) is 23.2. The van der Waals surface area contributed by atoms with Crippen LogP contribution in [0.3, 0.4) is 0 Å². The number of hydrogen-bond donors (Lipinski definition) is 0. The number of rotatable bonds is 13. The number of allylic oxidation sites excluding steroid dienone is 6. The van der Waals surface area contributed by atoms with Crippen LogP contribution in [-0.4, -0.2) is 0 Å². The van der Waals surface area contributed by atoms with Crippen LogP contribution < -0.4 is 0 Å². The SMILES string of the molecule is C=C(C)C/C(CCC)=C(CCC)\C(CCC)=C(\C/C=C/Cl)CCC. The van der Waals surface area contributed by atoms with Crippen LogP contribution in [0.25, 0.3) is 0 Å². The average molecular weight is 351 g/mol. The van der Waals surface area contributed by atoms with Crippen molar-refractivity contribution in [2.45, 2.75) is 98.8 Å². The lowest BCUT2D eigenvalue weighted by molar-refractivity contribution is 0.767. The van der Waals surface area contributed by atoms with Gasteiger partial charge in [-0.05, 0) is 56.6 Å². The Morgan fingerprint density at radius 2 is 1.25 bits per heavy atom. The van der Waals surface area contributed by atoms with Crippen LogP contribution in [0.4, 0.5) is 0 Å². The van der Waals surface area contributed by atoms with Gasteiger partial charge in [0.2, 0.25) is 0 Å². The predicted octanol–water partition coefficient (Wildman–Crippen LogP) is 8.89. The fourth-order valence-electron chi connectivity index (χ4n) is 3.46. The van der Waals surface area contributed by atoms with Crippen molar-refractivity contribution in [3.63, 3.8) is 0 Å². The maximum atomic E-state index is 5.82. The molecule has 0 aliphatic heterocycles. The molecule has 138 valence electrons. The topological polar surface area (TPSA) is 0 Å². The zero-order valence-electron chi connectivity index (χ0n) is 16.8. The van der Waals surface area contributed by atoms with E-state index in [1.807, 2.05) is 0 Å². The first-order valence-corrected chi connectivity index (χ1v) is 10.3.